The number of benzene rings is 3. The number of carbonyl (C=O) groups is 2. The fraction of sp³-hybridized carbons (Fsp3) is 0.333. The Labute approximate surface area is 226 Å². The summed E-state index contributed by atoms with van der Waals surface area (Å²) in [5.74, 6) is -0.727. The minimum Gasteiger partial charge on any atom is -0.352 e. The number of amides is 2. The summed E-state index contributed by atoms with van der Waals surface area (Å²) >= 11 is 0. The Morgan fingerprint density at radius 1 is 0.895 bits per heavy atom. The van der Waals surface area contributed by atoms with E-state index in [1.807, 2.05) is 77.1 Å². The number of sulfonamides is 1. The first-order valence-corrected chi connectivity index (χ1v) is 14.3. The molecule has 1 atom stereocenters. The molecule has 0 aliphatic carbocycles. The van der Waals surface area contributed by atoms with Gasteiger partial charge in [-0.05, 0) is 63.4 Å². The van der Waals surface area contributed by atoms with Crippen LogP contribution in [0.2, 0.25) is 0 Å². The Balaban J connectivity index is 2.07. The molecule has 0 unspecified atom stereocenters. The lowest BCUT2D eigenvalue weighted by Gasteiger charge is -2.34. The number of hydrogen-bond donors (Lipinski definition) is 1. The molecule has 8 heteroatoms. The number of aryl methyl sites for hydroxylation is 2. The van der Waals surface area contributed by atoms with Crippen LogP contribution in [0.3, 0.4) is 0 Å². The van der Waals surface area contributed by atoms with Gasteiger partial charge >= 0.3 is 0 Å². The summed E-state index contributed by atoms with van der Waals surface area (Å²) in [5, 5.41) is 2.91. The summed E-state index contributed by atoms with van der Waals surface area (Å²) in [5.41, 5.74) is 2.99. The summed E-state index contributed by atoms with van der Waals surface area (Å²) < 4.78 is 28.9. The molecule has 0 fully saturated rings. The smallest absolute Gasteiger partial charge is 0.264 e. The van der Waals surface area contributed by atoms with Gasteiger partial charge in [-0.3, -0.25) is 13.9 Å². The predicted molar refractivity (Wildman–Crippen MR) is 151 cm³/mol. The average molecular weight is 536 g/mol. The number of hydrogen-bond acceptors (Lipinski definition) is 4. The van der Waals surface area contributed by atoms with Gasteiger partial charge in [-0.1, -0.05) is 73.2 Å². The Hall–Kier alpha value is -3.65. The van der Waals surface area contributed by atoms with Crippen LogP contribution in [0.5, 0.6) is 0 Å². The lowest BCUT2D eigenvalue weighted by Crippen LogP contribution is -2.53. The molecule has 2 amide bonds. The van der Waals surface area contributed by atoms with Crippen LogP contribution in [0.15, 0.2) is 83.8 Å². The van der Waals surface area contributed by atoms with Crippen molar-refractivity contribution in [3.63, 3.8) is 0 Å². The van der Waals surface area contributed by atoms with Crippen molar-refractivity contribution >= 4 is 27.5 Å². The van der Waals surface area contributed by atoms with E-state index in [-0.39, 0.29) is 23.4 Å². The second kappa shape index (κ2) is 12.7. The number of anilines is 1. The van der Waals surface area contributed by atoms with Crippen molar-refractivity contribution in [1.29, 1.82) is 0 Å². The quantitative estimate of drug-likeness (QED) is 0.381. The fourth-order valence-electron chi connectivity index (χ4n) is 4.40. The Bertz CT molecular complexity index is 1340. The second-order valence-corrected chi connectivity index (χ2v) is 11.6. The van der Waals surface area contributed by atoms with Gasteiger partial charge in [0.05, 0.1) is 10.6 Å². The van der Waals surface area contributed by atoms with Gasteiger partial charge in [0.1, 0.15) is 12.6 Å². The zero-order valence-corrected chi connectivity index (χ0v) is 23.5. The first-order valence-electron chi connectivity index (χ1n) is 12.8. The molecular weight excluding hydrogens is 498 g/mol. The predicted octanol–water partition coefficient (Wildman–Crippen LogP) is 4.83. The molecule has 1 N–H and O–H groups in total. The van der Waals surface area contributed by atoms with Gasteiger partial charge in [0, 0.05) is 12.6 Å². The minimum absolute atomic E-state index is 0.0898. The van der Waals surface area contributed by atoms with Crippen LogP contribution in [0.1, 0.15) is 43.9 Å². The molecule has 0 aliphatic rings. The third-order valence-corrected chi connectivity index (χ3v) is 8.02. The topological polar surface area (TPSA) is 86.8 Å². The van der Waals surface area contributed by atoms with Crippen molar-refractivity contribution in [3.05, 3.63) is 95.6 Å². The molecule has 0 aliphatic heterocycles. The Morgan fingerprint density at radius 3 is 2.05 bits per heavy atom. The highest BCUT2D eigenvalue weighted by Crippen LogP contribution is 2.28. The lowest BCUT2D eigenvalue weighted by molar-refractivity contribution is -0.140. The highest BCUT2D eigenvalue weighted by atomic mass is 32.2. The molecule has 202 valence electrons. The molecule has 38 heavy (non-hydrogen) atoms. The average Bonchev–Trinajstić information content (AvgIpc) is 2.88. The zero-order chi connectivity index (χ0) is 27.9. The molecule has 0 aromatic heterocycles. The van der Waals surface area contributed by atoms with E-state index in [1.54, 1.807) is 24.3 Å². The first-order chi connectivity index (χ1) is 18.0. The Morgan fingerprint density at radius 2 is 1.50 bits per heavy atom. The molecule has 0 spiro atoms. The van der Waals surface area contributed by atoms with Crippen LogP contribution < -0.4 is 9.62 Å². The van der Waals surface area contributed by atoms with Crippen LogP contribution >= 0.6 is 0 Å². The summed E-state index contributed by atoms with van der Waals surface area (Å²) in [6.45, 7) is 9.06. The number of rotatable bonds is 11. The highest BCUT2D eigenvalue weighted by Gasteiger charge is 2.34. The second-order valence-electron chi connectivity index (χ2n) is 9.71. The van der Waals surface area contributed by atoms with Gasteiger partial charge in [0.2, 0.25) is 11.8 Å². The third kappa shape index (κ3) is 7.01. The molecule has 3 rings (SSSR count). The molecule has 0 saturated carbocycles. The minimum atomic E-state index is -4.08. The highest BCUT2D eigenvalue weighted by molar-refractivity contribution is 7.92. The van der Waals surface area contributed by atoms with Gasteiger partial charge < -0.3 is 10.2 Å². The standard InChI is InChI=1S/C30H37N3O4S/c1-6-27(30(35)31-22(2)3)32(20-25-13-9-7-10-14-25)29(34)21-33(28-18-17-23(4)19-24(28)5)38(36,37)26-15-11-8-12-16-26/h7-19,22,27H,6,20-21H2,1-5H3,(H,31,35)/t27-/m1/s1. The van der Waals surface area contributed by atoms with Crippen LogP contribution in [0.4, 0.5) is 5.69 Å². The van der Waals surface area contributed by atoms with Gasteiger partial charge in [-0.2, -0.15) is 0 Å². The normalized spacial score (nSPS) is 12.2. The van der Waals surface area contributed by atoms with E-state index in [0.717, 1.165) is 21.0 Å². The van der Waals surface area contributed by atoms with Crippen molar-refractivity contribution in [2.24, 2.45) is 0 Å². The summed E-state index contributed by atoms with van der Waals surface area (Å²) in [6, 6.07) is 22.1. The maximum Gasteiger partial charge on any atom is 0.264 e. The van der Waals surface area contributed by atoms with E-state index in [2.05, 4.69) is 5.32 Å². The molecule has 0 radical (unpaired) electrons. The summed E-state index contributed by atoms with van der Waals surface area (Å²) in [7, 11) is -4.08. The van der Waals surface area contributed by atoms with Crippen molar-refractivity contribution in [1.82, 2.24) is 10.2 Å². The monoisotopic (exact) mass is 535 g/mol. The molecule has 7 nitrogen and oxygen atoms in total. The van der Waals surface area contributed by atoms with Crippen LogP contribution in [-0.4, -0.2) is 43.8 Å². The van der Waals surface area contributed by atoms with Gasteiger partial charge in [0.25, 0.3) is 10.0 Å². The van der Waals surface area contributed by atoms with Crippen LogP contribution in [0, 0.1) is 13.8 Å². The molecule has 0 saturated heterocycles. The van der Waals surface area contributed by atoms with Crippen molar-refractivity contribution in [2.75, 3.05) is 10.8 Å². The van der Waals surface area contributed by atoms with Crippen molar-refractivity contribution < 1.29 is 18.0 Å². The van der Waals surface area contributed by atoms with Gasteiger partial charge in [-0.25, -0.2) is 8.42 Å². The Kier molecular flexibility index (Phi) is 9.69. The zero-order valence-electron chi connectivity index (χ0n) is 22.7. The number of carbonyl (C=O) groups excluding carboxylic acids is 2. The van der Waals surface area contributed by atoms with Crippen molar-refractivity contribution in [2.45, 2.75) is 64.6 Å². The molecule has 3 aromatic carbocycles. The van der Waals surface area contributed by atoms with E-state index in [1.165, 1.54) is 17.0 Å². The van der Waals surface area contributed by atoms with E-state index < -0.39 is 28.5 Å². The fourth-order valence-corrected chi connectivity index (χ4v) is 5.90. The van der Waals surface area contributed by atoms with Crippen LogP contribution in [-0.2, 0) is 26.2 Å². The molecule has 0 heterocycles. The van der Waals surface area contributed by atoms with Crippen molar-refractivity contribution in [3.8, 4) is 0 Å². The maximum atomic E-state index is 14.0. The van der Waals surface area contributed by atoms with Gasteiger partial charge in [0.15, 0.2) is 0 Å². The summed E-state index contributed by atoms with van der Waals surface area (Å²) in [6.07, 6.45) is 0.381. The largest absolute Gasteiger partial charge is 0.352 e. The SMILES string of the molecule is CC[C@H](C(=O)NC(C)C)N(Cc1ccccc1)C(=O)CN(c1ccc(C)cc1C)S(=O)(=O)c1ccccc1. The summed E-state index contributed by atoms with van der Waals surface area (Å²) in [4.78, 5) is 28.7. The molecule has 0 bridgehead atoms. The van der Waals surface area contributed by atoms with E-state index >= 15 is 0 Å². The number of nitrogens with zero attached hydrogens (tertiary/aromatic N) is 2. The maximum absolute atomic E-state index is 14.0. The molecular formula is C30H37N3O4S. The number of nitrogens with one attached hydrogen (secondary N) is 1. The van der Waals surface area contributed by atoms with E-state index in [0.29, 0.717) is 12.1 Å². The molecule has 3 aromatic rings. The van der Waals surface area contributed by atoms with E-state index in [9.17, 15) is 18.0 Å². The van der Waals surface area contributed by atoms with Crippen LogP contribution in [0.25, 0.3) is 0 Å². The van der Waals surface area contributed by atoms with E-state index in [4.69, 9.17) is 0 Å². The first kappa shape index (κ1) is 28.9. The van der Waals surface area contributed by atoms with Gasteiger partial charge in [-0.15, -0.1) is 0 Å². The third-order valence-electron chi connectivity index (χ3n) is 6.24. The lowest BCUT2D eigenvalue weighted by atomic mass is 10.1.